The summed E-state index contributed by atoms with van der Waals surface area (Å²) < 4.78 is 31.7. The molecule has 0 aliphatic carbocycles. The third kappa shape index (κ3) is 6.07. The van der Waals surface area contributed by atoms with Crippen LogP contribution in [0.25, 0.3) is 0 Å². The number of primary amides is 2. The number of rotatable bonds is 9. The molecular weight excluding hydrogens is 350 g/mol. The summed E-state index contributed by atoms with van der Waals surface area (Å²) in [6.07, 6.45) is -1.03. The zero-order valence-corrected chi connectivity index (χ0v) is 14.3. The Hall–Kier alpha value is -2.61. The van der Waals surface area contributed by atoms with Crippen molar-refractivity contribution in [1.29, 1.82) is 0 Å². The van der Waals surface area contributed by atoms with Crippen molar-refractivity contribution in [2.24, 2.45) is 11.5 Å². The molecule has 0 heterocycles. The Morgan fingerprint density at radius 2 is 1.88 bits per heavy atom. The second kappa shape index (κ2) is 8.48. The Kier molecular flexibility index (Phi) is 6.93. The van der Waals surface area contributed by atoms with Crippen LogP contribution in [0.1, 0.15) is 19.8 Å². The predicted octanol–water partition coefficient (Wildman–Crippen LogP) is -1.19. The normalized spacial score (nSPS) is 13.2. The number of hydrogen-bond donors (Lipinski definition) is 4. The highest BCUT2D eigenvalue weighted by atomic mass is 32.2. The molecule has 0 spiro atoms. The van der Waals surface area contributed by atoms with Gasteiger partial charge in [0.25, 0.3) is 5.91 Å². The number of carbonyl (C=O) groups excluding carboxylic acids is 2. The van der Waals surface area contributed by atoms with Crippen molar-refractivity contribution >= 4 is 21.8 Å². The van der Waals surface area contributed by atoms with E-state index in [0.29, 0.717) is 5.75 Å². The molecule has 0 bridgehead atoms. The molecule has 6 N–H and O–H groups in total. The average Bonchev–Trinajstić information content (AvgIpc) is 2.53. The third-order valence-corrected chi connectivity index (χ3v) is 4.57. The first-order valence-electron chi connectivity index (χ1n) is 7.08. The van der Waals surface area contributed by atoms with Gasteiger partial charge in [0.15, 0.2) is 0 Å². The van der Waals surface area contributed by atoms with Crippen molar-refractivity contribution in [3.8, 4) is 17.6 Å². The van der Waals surface area contributed by atoms with Crippen molar-refractivity contribution in [1.82, 2.24) is 4.72 Å². The fraction of sp³-hybridized carbons (Fsp3) is 0.333. The number of aliphatic hydroxyl groups is 1. The highest BCUT2D eigenvalue weighted by Crippen LogP contribution is 2.19. The summed E-state index contributed by atoms with van der Waals surface area (Å²) in [6.45, 7) is 1.80. The molecule has 136 valence electrons. The van der Waals surface area contributed by atoms with Gasteiger partial charge < -0.3 is 21.3 Å². The summed E-state index contributed by atoms with van der Waals surface area (Å²) in [7, 11) is -4.29. The minimum absolute atomic E-state index is 0.148. The van der Waals surface area contributed by atoms with Crippen molar-refractivity contribution in [3.05, 3.63) is 24.3 Å². The highest BCUT2D eigenvalue weighted by molar-refractivity contribution is 7.89. The van der Waals surface area contributed by atoms with Crippen molar-refractivity contribution in [2.75, 3.05) is 6.61 Å². The summed E-state index contributed by atoms with van der Waals surface area (Å²) >= 11 is 0. The second-order valence-electron chi connectivity index (χ2n) is 4.98. The lowest BCUT2D eigenvalue weighted by molar-refractivity contribution is -0.139. The van der Waals surface area contributed by atoms with Crippen LogP contribution in [0.2, 0.25) is 0 Å². The van der Waals surface area contributed by atoms with E-state index >= 15 is 0 Å². The van der Waals surface area contributed by atoms with E-state index in [1.807, 2.05) is 0 Å². The number of sulfonamides is 1. The number of ether oxygens (including phenoxy) is 1. The van der Waals surface area contributed by atoms with Crippen LogP contribution >= 0.6 is 0 Å². The minimum Gasteiger partial charge on any atom is -0.481 e. The number of carbonyl (C=O) groups is 2. The Morgan fingerprint density at radius 3 is 2.36 bits per heavy atom. The lowest BCUT2D eigenvalue weighted by Gasteiger charge is -2.25. The Labute approximate surface area is 145 Å². The third-order valence-electron chi connectivity index (χ3n) is 3.07. The van der Waals surface area contributed by atoms with E-state index in [4.69, 9.17) is 16.2 Å². The van der Waals surface area contributed by atoms with Gasteiger partial charge in [-0.1, -0.05) is 5.92 Å². The monoisotopic (exact) mass is 369 g/mol. The number of nitrogens with one attached hydrogen (secondary N) is 1. The largest absolute Gasteiger partial charge is 0.481 e. The fourth-order valence-electron chi connectivity index (χ4n) is 1.72. The quantitative estimate of drug-likeness (QED) is 0.316. The maximum atomic E-state index is 12.3. The van der Waals surface area contributed by atoms with Crippen LogP contribution in [-0.4, -0.2) is 37.7 Å². The van der Waals surface area contributed by atoms with E-state index in [2.05, 4.69) is 11.8 Å². The summed E-state index contributed by atoms with van der Waals surface area (Å²) in [5.41, 5.74) is 7.33. The highest BCUT2D eigenvalue weighted by Gasteiger charge is 2.38. The molecule has 0 aromatic heterocycles. The van der Waals surface area contributed by atoms with Gasteiger partial charge in [-0.05, 0) is 31.2 Å². The van der Waals surface area contributed by atoms with Gasteiger partial charge in [0.1, 0.15) is 12.4 Å². The van der Waals surface area contributed by atoms with Crippen molar-refractivity contribution in [2.45, 2.75) is 30.4 Å². The number of amides is 2. The van der Waals surface area contributed by atoms with E-state index in [0.717, 1.165) is 0 Å². The zero-order valence-electron chi connectivity index (χ0n) is 13.5. The van der Waals surface area contributed by atoms with Gasteiger partial charge in [-0.25, -0.2) is 8.42 Å². The van der Waals surface area contributed by atoms with Gasteiger partial charge >= 0.3 is 0 Å². The van der Waals surface area contributed by atoms with Crippen LogP contribution in [0.3, 0.4) is 0 Å². The maximum Gasteiger partial charge on any atom is 0.265 e. The molecule has 1 aromatic rings. The van der Waals surface area contributed by atoms with Gasteiger partial charge in [0, 0.05) is 12.8 Å². The number of hydrogen-bond acceptors (Lipinski definition) is 6. The van der Waals surface area contributed by atoms with Gasteiger partial charge in [0.05, 0.1) is 4.90 Å². The lowest BCUT2D eigenvalue weighted by atomic mass is 10.1. The lowest BCUT2D eigenvalue weighted by Crippen LogP contribution is -2.57. The Balaban J connectivity index is 2.95. The molecule has 0 aliphatic rings. The molecule has 10 heteroatoms. The molecular formula is C15H19N3O6S. The Bertz CT molecular complexity index is 795. The first-order valence-corrected chi connectivity index (χ1v) is 8.56. The first kappa shape index (κ1) is 20.4. The van der Waals surface area contributed by atoms with Gasteiger partial charge in [-0.15, -0.1) is 5.92 Å². The van der Waals surface area contributed by atoms with E-state index in [-0.39, 0.29) is 11.5 Å². The molecule has 0 fully saturated rings. The van der Waals surface area contributed by atoms with Crippen LogP contribution in [0.15, 0.2) is 29.2 Å². The van der Waals surface area contributed by atoms with Crippen LogP contribution in [0.5, 0.6) is 5.75 Å². The summed E-state index contributed by atoms with van der Waals surface area (Å²) in [5, 5.41) is 10.1. The number of nitrogens with two attached hydrogens (primary N) is 2. The summed E-state index contributed by atoms with van der Waals surface area (Å²) in [6, 6.07) is 5.20. The van der Waals surface area contributed by atoms with E-state index in [9.17, 15) is 23.1 Å². The molecule has 1 rings (SSSR count). The van der Waals surface area contributed by atoms with Crippen molar-refractivity contribution < 1.29 is 27.9 Å². The van der Waals surface area contributed by atoms with Gasteiger partial charge in [-0.2, -0.15) is 4.72 Å². The Morgan fingerprint density at radius 1 is 1.28 bits per heavy atom. The van der Waals surface area contributed by atoms with Crippen LogP contribution in [0, 0.1) is 11.8 Å². The second-order valence-corrected chi connectivity index (χ2v) is 6.67. The molecule has 0 saturated carbocycles. The molecule has 0 unspecified atom stereocenters. The van der Waals surface area contributed by atoms with Crippen LogP contribution in [-0.2, 0) is 19.6 Å². The van der Waals surface area contributed by atoms with Crippen LogP contribution < -0.4 is 20.9 Å². The molecule has 0 radical (unpaired) electrons. The molecule has 2 amide bonds. The molecule has 9 nitrogen and oxygen atoms in total. The fourth-order valence-corrected chi connectivity index (χ4v) is 2.98. The molecule has 1 aromatic carbocycles. The van der Waals surface area contributed by atoms with Crippen molar-refractivity contribution in [3.63, 3.8) is 0 Å². The van der Waals surface area contributed by atoms with Gasteiger partial charge in [0.2, 0.25) is 21.7 Å². The minimum atomic E-state index is -4.29. The SMILES string of the molecule is CC#CCOc1ccc(S(=O)(=O)N[C@@](O)(CCC(N)=O)C(N)=O)cc1. The molecule has 0 saturated heterocycles. The molecule has 1 atom stereocenters. The maximum absolute atomic E-state index is 12.3. The summed E-state index contributed by atoms with van der Waals surface area (Å²) in [5.74, 6) is 3.54. The van der Waals surface area contributed by atoms with Gasteiger partial charge in [-0.3, -0.25) is 9.59 Å². The van der Waals surface area contributed by atoms with E-state index in [1.165, 1.54) is 24.3 Å². The van der Waals surface area contributed by atoms with E-state index < -0.39 is 40.4 Å². The van der Waals surface area contributed by atoms with Crippen LogP contribution in [0.4, 0.5) is 0 Å². The molecule has 25 heavy (non-hydrogen) atoms. The zero-order chi connectivity index (χ0) is 19.1. The summed E-state index contributed by atoms with van der Waals surface area (Å²) in [4.78, 5) is 22.0. The first-order chi connectivity index (χ1) is 11.6. The topological polar surface area (TPSA) is 162 Å². The van der Waals surface area contributed by atoms with E-state index in [1.54, 1.807) is 11.6 Å². The average molecular weight is 369 g/mol. The number of benzene rings is 1. The predicted molar refractivity (Wildman–Crippen MR) is 88.3 cm³/mol. The standard InChI is InChI=1S/C15H19N3O6S/c1-2-3-10-24-11-4-6-12(7-5-11)25(22,23)18-15(21,14(17)20)9-8-13(16)19/h4-7,18,21H,8-10H2,1H3,(H2,16,19)(H2,17,20)/t15-/m1/s1. The molecule has 0 aliphatic heterocycles. The smallest absolute Gasteiger partial charge is 0.265 e.